The second kappa shape index (κ2) is 11.3. The second-order valence-electron chi connectivity index (χ2n) is 9.75. The summed E-state index contributed by atoms with van der Waals surface area (Å²) < 4.78 is 28.4. The van der Waals surface area contributed by atoms with Crippen molar-refractivity contribution in [3.05, 3.63) is 94.5 Å². The molecule has 1 saturated heterocycles. The molecule has 36 heavy (non-hydrogen) atoms. The number of sulfonamides is 1. The van der Waals surface area contributed by atoms with Crippen molar-refractivity contribution >= 4 is 21.6 Å². The van der Waals surface area contributed by atoms with Crippen LogP contribution in [0.5, 0.6) is 0 Å². The number of hydrogen-bond acceptors (Lipinski definition) is 4. The van der Waals surface area contributed by atoms with Crippen molar-refractivity contribution in [1.29, 1.82) is 0 Å². The standard InChI is InChI=1S/C29H35N3O3S/c1-22-6-12-28(13-7-22)36(34,35)32(27-17-23(2)16-24(3)18-27)21-29(33)30-19-25-8-10-26(11-9-25)20-31-14-4-5-15-31/h6-13,16-18H,4-5,14-15,19-21H2,1-3H3,(H,30,33). The fraction of sp³-hybridized carbons (Fsp3) is 0.345. The SMILES string of the molecule is Cc1ccc(S(=O)(=O)N(CC(=O)NCc2ccc(CN3CCCC3)cc2)c2cc(C)cc(C)c2)cc1. The zero-order chi connectivity index (χ0) is 25.7. The van der Waals surface area contributed by atoms with Crippen molar-refractivity contribution in [2.75, 3.05) is 23.9 Å². The Morgan fingerprint density at radius 1 is 0.833 bits per heavy atom. The predicted molar refractivity (Wildman–Crippen MR) is 144 cm³/mol. The summed E-state index contributed by atoms with van der Waals surface area (Å²) in [6.07, 6.45) is 2.53. The average Bonchev–Trinajstić information content (AvgIpc) is 3.35. The molecule has 7 heteroatoms. The smallest absolute Gasteiger partial charge is 0.264 e. The van der Waals surface area contributed by atoms with E-state index in [9.17, 15) is 13.2 Å². The number of rotatable bonds is 9. The number of anilines is 1. The number of likely N-dealkylation sites (tertiary alicyclic amines) is 1. The molecule has 3 aromatic rings. The summed E-state index contributed by atoms with van der Waals surface area (Å²) in [5, 5.41) is 2.90. The van der Waals surface area contributed by atoms with Gasteiger partial charge in [0.25, 0.3) is 10.0 Å². The minimum atomic E-state index is -3.93. The first kappa shape index (κ1) is 25.9. The van der Waals surface area contributed by atoms with Gasteiger partial charge in [0.1, 0.15) is 6.54 Å². The second-order valence-corrected chi connectivity index (χ2v) is 11.6. The van der Waals surface area contributed by atoms with Gasteiger partial charge in [0.05, 0.1) is 10.6 Å². The van der Waals surface area contributed by atoms with E-state index in [0.717, 1.165) is 41.9 Å². The molecule has 3 aromatic carbocycles. The molecule has 6 nitrogen and oxygen atoms in total. The van der Waals surface area contributed by atoms with Crippen molar-refractivity contribution in [1.82, 2.24) is 10.2 Å². The zero-order valence-corrected chi connectivity index (χ0v) is 22.1. The molecule has 1 amide bonds. The summed E-state index contributed by atoms with van der Waals surface area (Å²) >= 11 is 0. The van der Waals surface area contributed by atoms with Gasteiger partial charge in [-0.25, -0.2) is 8.42 Å². The van der Waals surface area contributed by atoms with Crippen LogP contribution in [0.15, 0.2) is 71.6 Å². The number of hydrogen-bond donors (Lipinski definition) is 1. The molecule has 0 bridgehead atoms. The van der Waals surface area contributed by atoms with E-state index in [1.54, 1.807) is 36.4 Å². The van der Waals surface area contributed by atoms with Gasteiger partial charge in [0.15, 0.2) is 0 Å². The Balaban J connectivity index is 1.47. The molecule has 0 spiro atoms. The monoisotopic (exact) mass is 505 g/mol. The zero-order valence-electron chi connectivity index (χ0n) is 21.3. The molecule has 0 atom stereocenters. The molecule has 1 fully saturated rings. The van der Waals surface area contributed by atoms with Crippen LogP contribution in [-0.4, -0.2) is 38.9 Å². The van der Waals surface area contributed by atoms with Gasteiger partial charge in [-0.2, -0.15) is 0 Å². The van der Waals surface area contributed by atoms with Crippen molar-refractivity contribution in [3.63, 3.8) is 0 Å². The number of nitrogens with one attached hydrogen (secondary N) is 1. The Labute approximate surface area is 215 Å². The Bertz CT molecular complexity index is 1280. The Morgan fingerprint density at radius 3 is 2.03 bits per heavy atom. The van der Waals surface area contributed by atoms with Gasteiger partial charge in [0, 0.05) is 13.1 Å². The van der Waals surface area contributed by atoms with Gasteiger partial charge in [-0.3, -0.25) is 14.0 Å². The summed E-state index contributed by atoms with van der Waals surface area (Å²) in [6.45, 7) is 9.04. The van der Waals surface area contributed by atoms with E-state index in [0.29, 0.717) is 12.2 Å². The third-order valence-corrected chi connectivity index (χ3v) is 8.30. The van der Waals surface area contributed by atoms with Gasteiger partial charge >= 0.3 is 0 Å². The predicted octanol–water partition coefficient (Wildman–Crippen LogP) is 4.72. The van der Waals surface area contributed by atoms with Crippen molar-refractivity contribution in [3.8, 4) is 0 Å². The molecule has 1 N–H and O–H groups in total. The van der Waals surface area contributed by atoms with Gasteiger partial charge in [-0.15, -0.1) is 0 Å². The Morgan fingerprint density at radius 2 is 1.42 bits per heavy atom. The summed E-state index contributed by atoms with van der Waals surface area (Å²) in [5.41, 5.74) is 5.56. The lowest BCUT2D eigenvalue weighted by atomic mass is 10.1. The summed E-state index contributed by atoms with van der Waals surface area (Å²) in [4.78, 5) is 15.6. The summed E-state index contributed by atoms with van der Waals surface area (Å²) in [6, 6.07) is 20.5. The maximum atomic E-state index is 13.6. The van der Waals surface area contributed by atoms with Crippen LogP contribution < -0.4 is 9.62 Å². The maximum absolute atomic E-state index is 13.6. The summed E-state index contributed by atoms with van der Waals surface area (Å²) in [7, 11) is -3.93. The maximum Gasteiger partial charge on any atom is 0.264 e. The van der Waals surface area contributed by atoms with Crippen LogP contribution >= 0.6 is 0 Å². The lowest BCUT2D eigenvalue weighted by molar-refractivity contribution is -0.119. The molecule has 0 unspecified atom stereocenters. The number of aryl methyl sites for hydroxylation is 3. The highest BCUT2D eigenvalue weighted by Gasteiger charge is 2.27. The molecular formula is C29H35N3O3S. The van der Waals surface area contributed by atoms with Crippen LogP contribution in [0.25, 0.3) is 0 Å². The first-order valence-corrected chi connectivity index (χ1v) is 13.9. The first-order chi connectivity index (χ1) is 17.2. The third-order valence-electron chi connectivity index (χ3n) is 6.51. The van der Waals surface area contributed by atoms with E-state index in [2.05, 4.69) is 22.3 Å². The number of nitrogens with zero attached hydrogens (tertiary/aromatic N) is 2. The summed E-state index contributed by atoms with van der Waals surface area (Å²) in [5.74, 6) is -0.356. The molecule has 1 aliphatic rings. The van der Waals surface area contributed by atoms with Crippen molar-refractivity contribution < 1.29 is 13.2 Å². The number of carbonyl (C=O) groups excluding carboxylic acids is 1. The van der Waals surface area contributed by atoms with Gasteiger partial charge in [0.2, 0.25) is 5.91 Å². The number of benzene rings is 3. The van der Waals surface area contributed by atoms with Gasteiger partial charge in [-0.1, -0.05) is 48.0 Å². The van der Waals surface area contributed by atoms with E-state index in [-0.39, 0.29) is 17.3 Å². The van der Waals surface area contributed by atoms with E-state index < -0.39 is 10.0 Å². The van der Waals surface area contributed by atoms with Gasteiger partial charge in [-0.05, 0) is 93.2 Å². The van der Waals surface area contributed by atoms with Crippen LogP contribution in [0.3, 0.4) is 0 Å². The van der Waals surface area contributed by atoms with Crippen LogP contribution in [0.1, 0.15) is 40.7 Å². The molecule has 0 aliphatic carbocycles. The lowest BCUT2D eigenvalue weighted by Gasteiger charge is -2.25. The topological polar surface area (TPSA) is 69.7 Å². The minimum Gasteiger partial charge on any atom is -0.350 e. The molecular weight excluding hydrogens is 470 g/mol. The average molecular weight is 506 g/mol. The van der Waals surface area contributed by atoms with Crippen LogP contribution in [-0.2, 0) is 27.9 Å². The molecule has 0 radical (unpaired) electrons. The first-order valence-electron chi connectivity index (χ1n) is 12.5. The number of amides is 1. The molecule has 1 aliphatic heterocycles. The molecule has 0 saturated carbocycles. The Hall–Kier alpha value is -3.16. The van der Waals surface area contributed by atoms with Crippen LogP contribution in [0, 0.1) is 20.8 Å². The van der Waals surface area contributed by atoms with Crippen LogP contribution in [0.4, 0.5) is 5.69 Å². The third kappa shape index (κ3) is 6.53. The molecule has 4 rings (SSSR count). The molecule has 0 aromatic heterocycles. The van der Waals surface area contributed by atoms with E-state index in [1.165, 1.54) is 22.7 Å². The van der Waals surface area contributed by atoms with Crippen molar-refractivity contribution in [2.45, 2.75) is 51.6 Å². The van der Waals surface area contributed by atoms with Crippen LogP contribution in [0.2, 0.25) is 0 Å². The fourth-order valence-corrected chi connectivity index (χ4v) is 6.00. The number of carbonyl (C=O) groups is 1. The highest BCUT2D eigenvalue weighted by molar-refractivity contribution is 7.92. The van der Waals surface area contributed by atoms with Crippen molar-refractivity contribution in [2.24, 2.45) is 0 Å². The fourth-order valence-electron chi connectivity index (χ4n) is 4.60. The van der Waals surface area contributed by atoms with E-state index in [4.69, 9.17) is 0 Å². The minimum absolute atomic E-state index is 0.161. The quantitative estimate of drug-likeness (QED) is 0.457. The molecule has 1 heterocycles. The highest BCUT2D eigenvalue weighted by atomic mass is 32.2. The largest absolute Gasteiger partial charge is 0.350 e. The van der Waals surface area contributed by atoms with E-state index in [1.807, 2.05) is 39.0 Å². The van der Waals surface area contributed by atoms with E-state index >= 15 is 0 Å². The lowest BCUT2D eigenvalue weighted by Crippen LogP contribution is -2.40. The Kier molecular flexibility index (Phi) is 8.11. The highest BCUT2D eigenvalue weighted by Crippen LogP contribution is 2.26. The van der Waals surface area contributed by atoms with Gasteiger partial charge < -0.3 is 5.32 Å². The normalized spacial score (nSPS) is 14.1. The molecule has 190 valence electrons.